The summed E-state index contributed by atoms with van der Waals surface area (Å²) in [4.78, 5) is 9.22. The van der Waals surface area contributed by atoms with Crippen LogP contribution in [0.1, 0.15) is 10.4 Å². The van der Waals surface area contributed by atoms with Gasteiger partial charge in [-0.05, 0) is 54.7 Å². The Hall–Kier alpha value is -2.45. The van der Waals surface area contributed by atoms with Crippen LogP contribution in [0.5, 0.6) is 0 Å². The Bertz CT molecular complexity index is 1120. The number of amides is 1. The number of rotatable bonds is 3. The number of hydrogen-bond donors (Lipinski definition) is 3. The van der Waals surface area contributed by atoms with E-state index in [4.69, 9.17) is 12.2 Å². The van der Waals surface area contributed by atoms with Gasteiger partial charge in [0.05, 0.1) is 5.56 Å². The van der Waals surface area contributed by atoms with Crippen molar-refractivity contribution in [2.75, 3.05) is 10.6 Å². The Kier molecular flexibility index (Phi) is 4.02. The van der Waals surface area contributed by atoms with Crippen molar-refractivity contribution in [1.29, 1.82) is 0 Å². The van der Waals surface area contributed by atoms with Crippen LogP contribution < -0.4 is 15.4 Å². The minimum absolute atomic E-state index is 0.00581. The van der Waals surface area contributed by atoms with Crippen LogP contribution in [0.15, 0.2) is 52.3 Å². The van der Waals surface area contributed by atoms with Crippen LogP contribution >= 0.6 is 22.4 Å². The first-order valence-electron chi connectivity index (χ1n) is 7.18. The molecule has 1 heterocycles. The van der Waals surface area contributed by atoms with Gasteiger partial charge in [0.2, 0.25) is 0 Å². The number of hydrogen-bond acceptors (Lipinski definition) is 4. The number of carbonyl (C=O) groups excluding carboxylic acids is 1. The van der Waals surface area contributed by atoms with Crippen LogP contribution in [0.4, 0.5) is 30.8 Å². The van der Waals surface area contributed by atoms with Crippen molar-refractivity contribution >= 4 is 54.9 Å². The second-order valence-electron chi connectivity index (χ2n) is 5.72. The number of thiocarbonyl (C=S) groups is 1. The maximum absolute atomic E-state index is 12.7. The molecule has 14 heteroatoms. The van der Waals surface area contributed by atoms with E-state index >= 15 is 0 Å². The predicted molar refractivity (Wildman–Crippen MR) is 98.8 cm³/mol. The minimum atomic E-state index is -9.76. The molecule has 0 bridgehead atoms. The third-order valence-corrected chi connectivity index (χ3v) is 6.30. The molecule has 1 aliphatic heterocycles. The lowest BCUT2D eigenvalue weighted by atomic mass is 10.2. The van der Waals surface area contributed by atoms with Crippen molar-refractivity contribution in [3.63, 3.8) is 0 Å². The lowest BCUT2D eigenvalue weighted by molar-refractivity contribution is 0.0985. The minimum Gasteiger partial charge on any atom is -0.332 e. The highest BCUT2D eigenvalue weighted by molar-refractivity contribution is 8.45. The number of benzene rings is 2. The molecule has 0 fully saturated rings. The summed E-state index contributed by atoms with van der Waals surface area (Å²) < 4.78 is 88.9. The van der Waals surface area contributed by atoms with Crippen LogP contribution in [0, 0.1) is 0 Å². The first kappa shape index (κ1) is 20.3. The molecular weight excluding hydrogens is 449 g/mol. The molecule has 3 N–H and O–H groups in total. The molecule has 2 aromatic rings. The summed E-state index contributed by atoms with van der Waals surface area (Å²) in [6.07, 6.45) is 0. The summed E-state index contributed by atoms with van der Waals surface area (Å²) in [6.45, 7) is 0. The van der Waals surface area contributed by atoms with E-state index in [1.165, 1.54) is 12.1 Å². The monoisotopic (exact) mass is 459 g/mol. The zero-order valence-corrected chi connectivity index (χ0v) is 15.8. The van der Waals surface area contributed by atoms with Gasteiger partial charge in [0.1, 0.15) is 9.79 Å². The Morgan fingerprint density at radius 3 is 2.04 bits per heavy atom. The van der Waals surface area contributed by atoms with Gasteiger partial charge in [0, 0.05) is 11.4 Å². The Morgan fingerprint density at radius 1 is 0.929 bits per heavy atom. The Balaban J connectivity index is 1.75. The molecule has 0 saturated heterocycles. The summed E-state index contributed by atoms with van der Waals surface area (Å²) in [5, 5.41) is 4.92. The topological polar surface area (TPSA) is 87.3 Å². The van der Waals surface area contributed by atoms with Gasteiger partial charge < -0.3 is 10.6 Å². The lowest BCUT2D eigenvalue weighted by Gasteiger charge is -2.40. The molecule has 0 aromatic heterocycles. The maximum atomic E-state index is 12.7. The molecule has 6 nitrogen and oxygen atoms in total. The van der Waals surface area contributed by atoms with Gasteiger partial charge in [-0.3, -0.25) is 4.79 Å². The number of carbonyl (C=O) groups is 1. The van der Waals surface area contributed by atoms with Gasteiger partial charge in [0.15, 0.2) is 5.11 Å². The van der Waals surface area contributed by atoms with E-state index in [2.05, 4.69) is 10.6 Å². The SMILES string of the molecule is O=C1NS(=O)(=O)c2cc(NC(=S)Nc3ccc(S(F)(F)(F)(F)F)cc3)ccc21. The van der Waals surface area contributed by atoms with E-state index in [1.54, 1.807) is 0 Å². The van der Waals surface area contributed by atoms with Crippen molar-refractivity contribution in [2.45, 2.75) is 9.79 Å². The quantitative estimate of drug-likeness (QED) is 0.460. The standard InChI is InChI=1S/C14H10F5N3O3S3/c15-28(16,17,18,19)10-4-1-8(2-5-10)20-14(26)21-9-3-6-11-12(7-9)27(24,25)22-13(11)23/h1-7H,(H,22,23)(H2,20,21,26). The number of nitrogens with one attached hydrogen (secondary N) is 3. The van der Waals surface area contributed by atoms with E-state index in [9.17, 15) is 32.6 Å². The summed E-state index contributed by atoms with van der Waals surface area (Å²) in [5.41, 5.74) is 0.129. The van der Waals surface area contributed by atoms with E-state index in [0.29, 0.717) is 0 Å². The van der Waals surface area contributed by atoms with Gasteiger partial charge in [-0.2, -0.15) is 0 Å². The van der Waals surface area contributed by atoms with E-state index < -0.39 is 31.0 Å². The summed E-state index contributed by atoms with van der Waals surface area (Å²) in [5.74, 6) is -0.772. The van der Waals surface area contributed by atoms with Crippen molar-refractivity contribution < 1.29 is 32.6 Å². The molecule has 0 unspecified atom stereocenters. The number of anilines is 2. The molecule has 1 aliphatic rings. The van der Waals surface area contributed by atoms with Crippen molar-refractivity contribution in [1.82, 2.24) is 4.72 Å². The van der Waals surface area contributed by atoms with Gasteiger partial charge >= 0.3 is 10.2 Å². The Morgan fingerprint density at radius 2 is 1.46 bits per heavy atom. The van der Waals surface area contributed by atoms with Gasteiger partial charge in [-0.1, -0.05) is 19.4 Å². The zero-order chi connectivity index (χ0) is 21.0. The molecule has 1 amide bonds. The van der Waals surface area contributed by atoms with Gasteiger partial charge in [0.25, 0.3) is 15.9 Å². The van der Waals surface area contributed by atoms with Crippen molar-refractivity contribution in [3.05, 3.63) is 48.0 Å². The fraction of sp³-hybridized carbons (Fsp3) is 0. The second kappa shape index (κ2) is 5.55. The van der Waals surface area contributed by atoms with Crippen LogP contribution in [0.3, 0.4) is 0 Å². The fourth-order valence-corrected chi connectivity index (χ4v) is 4.41. The van der Waals surface area contributed by atoms with Crippen LogP contribution in [-0.2, 0) is 10.0 Å². The summed E-state index contributed by atoms with van der Waals surface area (Å²) >= 11 is 4.96. The highest BCUT2D eigenvalue weighted by Gasteiger charge is 2.65. The maximum Gasteiger partial charge on any atom is 0.310 e. The molecule has 2 aromatic carbocycles. The van der Waals surface area contributed by atoms with E-state index in [-0.39, 0.29) is 39.1 Å². The van der Waals surface area contributed by atoms with Gasteiger partial charge in [-0.15, -0.1) is 0 Å². The number of fused-ring (bicyclic) bond motifs is 1. The Labute approximate surface area is 160 Å². The third-order valence-electron chi connectivity index (χ3n) is 3.56. The number of sulfonamides is 1. The van der Waals surface area contributed by atoms with Crippen LogP contribution in [0.25, 0.3) is 0 Å². The average molecular weight is 459 g/mol. The molecule has 0 aliphatic carbocycles. The smallest absolute Gasteiger partial charge is 0.310 e. The molecule has 0 spiro atoms. The summed E-state index contributed by atoms with van der Waals surface area (Å²) in [6, 6.07) is 5.77. The third kappa shape index (κ3) is 4.18. The van der Waals surface area contributed by atoms with Crippen LogP contribution in [-0.4, -0.2) is 19.4 Å². The second-order valence-corrected chi connectivity index (χ2v) is 10.2. The first-order valence-corrected chi connectivity index (χ1v) is 11.0. The molecule has 28 heavy (non-hydrogen) atoms. The highest BCUT2D eigenvalue weighted by Crippen LogP contribution is 3.02. The first-order chi connectivity index (χ1) is 12.5. The highest BCUT2D eigenvalue weighted by atomic mass is 32.5. The average Bonchev–Trinajstić information content (AvgIpc) is 2.74. The van der Waals surface area contributed by atoms with Crippen molar-refractivity contribution in [2.24, 2.45) is 0 Å². The van der Waals surface area contributed by atoms with Gasteiger partial charge in [-0.25, -0.2) is 13.1 Å². The largest absolute Gasteiger partial charge is 0.332 e. The lowest BCUT2D eigenvalue weighted by Crippen LogP contribution is -2.21. The molecule has 3 rings (SSSR count). The molecule has 152 valence electrons. The van der Waals surface area contributed by atoms with Crippen LogP contribution in [0.2, 0.25) is 0 Å². The fourth-order valence-electron chi connectivity index (χ4n) is 2.33. The predicted octanol–water partition coefficient (Wildman–Crippen LogP) is 4.59. The van der Waals surface area contributed by atoms with E-state index in [1.807, 2.05) is 4.72 Å². The zero-order valence-electron chi connectivity index (χ0n) is 13.4. The molecule has 0 saturated carbocycles. The number of halogens is 5. The van der Waals surface area contributed by atoms with Crippen molar-refractivity contribution in [3.8, 4) is 0 Å². The molecule has 0 radical (unpaired) electrons. The summed E-state index contributed by atoms with van der Waals surface area (Å²) in [7, 11) is -13.7. The molecule has 0 atom stereocenters. The van der Waals surface area contributed by atoms with E-state index in [0.717, 1.165) is 18.2 Å². The normalized spacial score (nSPS) is 17.7. The molecular formula is C14H10F5N3O3S3.